The maximum atomic E-state index is 11.2. The summed E-state index contributed by atoms with van der Waals surface area (Å²) in [5, 5.41) is 16.2. The maximum absolute atomic E-state index is 11.2. The van der Waals surface area contributed by atoms with Crippen LogP contribution < -0.4 is 5.32 Å². The fourth-order valence-electron chi connectivity index (χ4n) is 1.82. The first kappa shape index (κ1) is 16.4. The van der Waals surface area contributed by atoms with Gasteiger partial charge in [0, 0.05) is 29.5 Å². The van der Waals surface area contributed by atoms with Gasteiger partial charge in [0.1, 0.15) is 10.8 Å². The Morgan fingerprint density at radius 2 is 2.14 bits per heavy atom. The molecule has 1 heterocycles. The molecule has 1 aromatic carbocycles. The molecule has 0 unspecified atom stereocenters. The van der Waals surface area contributed by atoms with Crippen LogP contribution in [0, 0.1) is 17.0 Å². The maximum Gasteiger partial charge on any atom is 0.271 e. The predicted molar refractivity (Wildman–Crippen MR) is 85.8 cm³/mol. The summed E-state index contributed by atoms with van der Waals surface area (Å²) in [5.74, 6) is -0.0759. The fraction of sp³-hybridized carbons (Fsp3) is 0.308. The molecule has 7 nitrogen and oxygen atoms in total. The summed E-state index contributed by atoms with van der Waals surface area (Å²) in [5.41, 5.74) is 2.27. The number of non-ortho nitro benzene ring substituents is 1. The molecular formula is C13H15N3O4S2. The van der Waals surface area contributed by atoms with E-state index >= 15 is 0 Å². The number of hydrogen-bond acceptors (Lipinski definition) is 7. The van der Waals surface area contributed by atoms with E-state index in [1.54, 1.807) is 11.4 Å². The second kappa shape index (κ2) is 6.41. The Kier molecular flexibility index (Phi) is 4.77. The van der Waals surface area contributed by atoms with Crippen molar-refractivity contribution in [3.8, 4) is 0 Å². The molecule has 0 spiro atoms. The van der Waals surface area contributed by atoms with Crippen LogP contribution in [0.4, 0.5) is 11.4 Å². The third-order valence-corrected chi connectivity index (χ3v) is 4.76. The number of anilines is 1. The zero-order chi connectivity index (χ0) is 16.3. The molecule has 118 valence electrons. The Labute approximate surface area is 132 Å². The summed E-state index contributed by atoms with van der Waals surface area (Å²) in [7, 11) is -3.10. The lowest BCUT2D eigenvalue weighted by molar-refractivity contribution is -0.384. The standard InChI is InChI=1S/C13H15N3O4S2/c1-9-3-4-11(16(17)18)5-12(9)14-6-10-7-21-13(15-10)8-22(2,19)20/h3-5,7,14H,6,8H2,1-2H3. The van der Waals surface area contributed by atoms with Crippen LogP contribution in [-0.4, -0.2) is 24.6 Å². The summed E-state index contributed by atoms with van der Waals surface area (Å²) in [6, 6.07) is 4.60. The van der Waals surface area contributed by atoms with E-state index in [-0.39, 0.29) is 11.4 Å². The van der Waals surface area contributed by atoms with Gasteiger partial charge in [-0.05, 0) is 12.5 Å². The number of aryl methyl sites for hydroxylation is 1. The van der Waals surface area contributed by atoms with Gasteiger partial charge in [0.15, 0.2) is 9.84 Å². The number of sulfone groups is 1. The lowest BCUT2D eigenvalue weighted by Crippen LogP contribution is -2.04. The smallest absolute Gasteiger partial charge is 0.271 e. The molecular weight excluding hydrogens is 326 g/mol. The average molecular weight is 341 g/mol. The molecule has 2 rings (SSSR count). The Bertz CT molecular complexity index is 799. The van der Waals surface area contributed by atoms with E-state index in [1.165, 1.54) is 29.7 Å². The quantitative estimate of drug-likeness (QED) is 0.640. The molecule has 0 aliphatic heterocycles. The minimum Gasteiger partial charge on any atom is -0.379 e. The van der Waals surface area contributed by atoms with Crippen molar-refractivity contribution >= 4 is 32.5 Å². The average Bonchev–Trinajstić information content (AvgIpc) is 2.82. The van der Waals surface area contributed by atoms with Crippen LogP contribution in [-0.2, 0) is 22.1 Å². The van der Waals surface area contributed by atoms with Gasteiger partial charge in [-0.3, -0.25) is 10.1 Å². The second-order valence-electron chi connectivity index (χ2n) is 4.91. The van der Waals surface area contributed by atoms with Crippen molar-refractivity contribution < 1.29 is 13.3 Å². The normalized spacial score (nSPS) is 11.4. The van der Waals surface area contributed by atoms with Gasteiger partial charge < -0.3 is 5.32 Å². The van der Waals surface area contributed by atoms with Gasteiger partial charge in [0.25, 0.3) is 5.69 Å². The van der Waals surface area contributed by atoms with Gasteiger partial charge in [-0.25, -0.2) is 13.4 Å². The Morgan fingerprint density at radius 3 is 2.77 bits per heavy atom. The largest absolute Gasteiger partial charge is 0.379 e. The highest BCUT2D eigenvalue weighted by Crippen LogP contribution is 2.22. The lowest BCUT2D eigenvalue weighted by atomic mass is 10.2. The Balaban J connectivity index is 2.07. The van der Waals surface area contributed by atoms with Gasteiger partial charge in [0.2, 0.25) is 0 Å². The van der Waals surface area contributed by atoms with E-state index < -0.39 is 14.8 Å². The highest BCUT2D eigenvalue weighted by Gasteiger charge is 2.11. The monoisotopic (exact) mass is 341 g/mol. The van der Waals surface area contributed by atoms with Crippen LogP contribution in [0.5, 0.6) is 0 Å². The van der Waals surface area contributed by atoms with Crippen molar-refractivity contribution in [2.75, 3.05) is 11.6 Å². The molecule has 0 saturated heterocycles. The van der Waals surface area contributed by atoms with Gasteiger partial charge in [-0.2, -0.15) is 0 Å². The highest BCUT2D eigenvalue weighted by molar-refractivity contribution is 7.90. The molecule has 0 aliphatic carbocycles. The summed E-state index contributed by atoms with van der Waals surface area (Å²) >= 11 is 1.29. The van der Waals surface area contributed by atoms with Crippen molar-refractivity contribution in [3.05, 3.63) is 50.0 Å². The van der Waals surface area contributed by atoms with Gasteiger partial charge in [-0.1, -0.05) is 6.07 Å². The van der Waals surface area contributed by atoms with Crippen molar-refractivity contribution in [3.63, 3.8) is 0 Å². The summed E-state index contributed by atoms with van der Waals surface area (Å²) in [6.07, 6.45) is 1.17. The van der Waals surface area contributed by atoms with Crippen LogP contribution in [0.1, 0.15) is 16.3 Å². The number of nitro benzene ring substituents is 1. The van der Waals surface area contributed by atoms with Crippen molar-refractivity contribution in [2.45, 2.75) is 19.2 Å². The van der Waals surface area contributed by atoms with Crippen LogP contribution >= 0.6 is 11.3 Å². The van der Waals surface area contributed by atoms with Gasteiger partial charge >= 0.3 is 0 Å². The SMILES string of the molecule is Cc1ccc([N+](=O)[O-])cc1NCc1csc(CS(C)(=O)=O)n1. The highest BCUT2D eigenvalue weighted by atomic mass is 32.2. The number of nitrogens with zero attached hydrogens (tertiary/aromatic N) is 2. The molecule has 0 aliphatic rings. The van der Waals surface area contributed by atoms with E-state index in [2.05, 4.69) is 10.3 Å². The minimum atomic E-state index is -3.10. The number of thiazole rings is 1. The second-order valence-corrected chi connectivity index (χ2v) is 8.00. The van der Waals surface area contributed by atoms with Gasteiger partial charge in [0.05, 0.1) is 17.2 Å². The molecule has 9 heteroatoms. The zero-order valence-corrected chi connectivity index (χ0v) is 13.7. The summed E-state index contributed by atoms with van der Waals surface area (Å²) in [4.78, 5) is 14.6. The third-order valence-electron chi connectivity index (χ3n) is 2.88. The number of hydrogen-bond donors (Lipinski definition) is 1. The molecule has 1 aromatic heterocycles. The fourth-order valence-corrected chi connectivity index (χ4v) is 3.83. The third kappa shape index (κ3) is 4.50. The molecule has 0 bridgehead atoms. The first-order valence-corrected chi connectivity index (χ1v) is 9.28. The number of nitrogens with one attached hydrogen (secondary N) is 1. The molecule has 0 fully saturated rings. The zero-order valence-electron chi connectivity index (χ0n) is 12.1. The van der Waals surface area contributed by atoms with Crippen LogP contribution in [0.3, 0.4) is 0 Å². The van der Waals surface area contributed by atoms with E-state index in [0.29, 0.717) is 22.9 Å². The van der Waals surface area contributed by atoms with Gasteiger partial charge in [-0.15, -0.1) is 11.3 Å². The van der Waals surface area contributed by atoms with E-state index in [0.717, 1.165) is 5.56 Å². The van der Waals surface area contributed by atoms with Crippen LogP contribution in [0.25, 0.3) is 0 Å². The number of aromatic nitrogens is 1. The molecule has 0 radical (unpaired) electrons. The van der Waals surface area contributed by atoms with E-state index in [1.807, 2.05) is 6.92 Å². The number of benzene rings is 1. The molecule has 0 amide bonds. The molecule has 0 saturated carbocycles. The van der Waals surface area contributed by atoms with Crippen LogP contribution in [0.2, 0.25) is 0 Å². The van der Waals surface area contributed by atoms with Crippen molar-refractivity contribution in [1.29, 1.82) is 0 Å². The Hall–Kier alpha value is -2.00. The number of nitro groups is 1. The molecule has 22 heavy (non-hydrogen) atoms. The van der Waals surface area contributed by atoms with Crippen molar-refractivity contribution in [1.82, 2.24) is 4.98 Å². The minimum absolute atomic E-state index is 0.0177. The first-order valence-electron chi connectivity index (χ1n) is 6.34. The first-order chi connectivity index (χ1) is 10.2. The summed E-state index contributed by atoms with van der Waals surface area (Å²) < 4.78 is 22.4. The molecule has 1 N–H and O–H groups in total. The topological polar surface area (TPSA) is 102 Å². The van der Waals surface area contributed by atoms with E-state index in [9.17, 15) is 18.5 Å². The molecule has 0 atom stereocenters. The van der Waals surface area contributed by atoms with E-state index in [4.69, 9.17) is 0 Å². The lowest BCUT2D eigenvalue weighted by Gasteiger charge is -2.07. The molecule has 2 aromatic rings. The van der Waals surface area contributed by atoms with Crippen molar-refractivity contribution in [2.24, 2.45) is 0 Å². The predicted octanol–water partition coefficient (Wildman–Crippen LogP) is 2.52. The Morgan fingerprint density at radius 1 is 1.41 bits per heavy atom. The summed E-state index contributed by atoms with van der Waals surface area (Å²) in [6.45, 7) is 2.23. The number of rotatable bonds is 6. The van der Waals surface area contributed by atoms with Crippen LogP contribution in [0.15, 0.2) is 23.6 Å².